The number of amides is 1. The zero-order valence-electron chi connectivity index (χ0n) is 11.5. The molecule has 1 amide bonds. The van der Waals surface area contributed by atoms with Crippen LogP contribution in [0, 0.1) is 0 Å². The predicted molar refractivity (Wildman–Crippen MR) is 85.1 cm³/mol. The highest BCUT2D eigenvalue weighted by molar-refractivity contribution is 9.10. The summed E-state index contributed by atoms with van der Waals surface area (Å²) in [6.45, 7) is 0. The molecule has 2 aromatic carbocycles. The van der Waals surface area contributed by atoms with Crippen LogP contribution in [0.1, 0.15) is 24.5 Å². The van der Waals surface area contributed by atoms with Crippen LogP contribution in [0.25, 0.3) is 0 Å². The highest BCUT2D eigenvalue weighted by atomic mass is 79.9. The second-order valence-corrected chi connectivity index (χ2v) is 6.06. The molecule has 3 rings (SSSR count). The van der Waals surface area contributed by atoms with Crippen LogP contribution in [-0.2, 0) is 4.79 Å². The van der Waals surface area contributed by atoms with E-state index in [0.29, 0.717) is 11.8 Å². The molecule has 0 saturated heterocycles. The van der Waals surface area contributed by atoms with Crippen LogP contribution in [0.15, 0.2) is 59.1 Å². The molecule has 0 aromatic heterocycles. The molecule has 0 aliphatic heterocycles. The Morgan fingerprint density at radius 2 is 1.90 bits per heavy atom. The van der Waals surface area contributed by atoms with Gasteiger partial charge in [0.05, 0.1) is 0 Å². The fraction of sp³-hybridized carbons (Fsp3) is 0.235. The van der Waals surface area contributed by atoms with E-state index in [1.807, 2.05) is 54.6 Å². The Bertz CT molecular complexity index is 626. The third-order valence-electron chi connectivity index (χ3n) is 3.31. The van der Waals surface area contributed by atoms with Crippen molar-refractivity contribution in [2.75, 3.05) is 0 Å². The molecule has 0 heterocycles. The number of nitrogens with one attached hydrogen (secondary N) is 1. The standard InChI is InChI=1S/C17H16BrNO2/c18-13-7-4-8-15(11-13)21-16(12-5-2-1-3-6-12)17(20)19-14-9-10-14/h1-8,11,14,16H,9-10H2,(H,19,20)/t16-/m0/s1. The Morgan fingerprint density at radius 1 is 1.14 bits per heavy atom. The number of rotatable bonds is 5. The van der Waals surface area contributed by atoms with Gasteiger partial charge in [0.1, 0.15) is 5.75 Å². The smallest absolute Gasteiger partial charge is 0.266 e. The third kappa shape index (κ3) is 3.85. The number of ether oxygens (including phenoxy) is 1. The van der Waals surface area contributed by atoms with Crippen molar-refractivity contribution in [1.29, 1.82) is 0 Å². The first-order chi connectivity index (χ1) is 10.2. The highest BCUT2D eigenvalue weighted by Gasteiger charge is 2.29. The maximum Gasteiger partial charge on any atom is 0.266 e. The van der Waals surface area contributed by atoms with Gasteiger partial charge in [-0.2, -0.15) is 0 Å². The van der Waals surface area contributed by atoms with Gasteiger partial charge in [-0.1, -0.05) is 52.3 Å². The molecule has 1 N–H and O–H groups in total. The van der Waals surface area contributed by atoms with Gasteiger partial charge in [0.25, 0.3) is 5.91 Å². The fourth-order valence-electron chi connectivity index (χ4n) is 2.08. The summed E-state index contributed by atoms with van der Waals surface area (Å²) >= 11 is 3.42. The Kier molecular flexibility index (Phi) is 4.25. The molecule has 2 aromatic rings. The molecule has 108 valence electrons. The Morgan fingerprint density at radius 3 is 2.57 bits per heavy atom. The van der Waals surface area contributed by atoms with Gasteiger partial charge < -0.3 is 10.1 Å². The van der Waals surface area contributed by atoms with Gasteiger partial charge in [0.2, 0.25) is 6.10 Å². The summed E-state index contributed by atoms with van der Waals surface area (Å²) in [5.41, 5.74) is 0.857. The summed E-state index contributed by atoms with van der Waals surface area (Å²) in [6, 6.07) is 17.4. The minimum atomic E-state index is -0.624. The molecule has 21 heavy (non-hydrogen) atoms. The monoisotopic (exact) mass is 345 g/mol. The first-order valence-corrected chi connectivity index (χ1v) is 7.79. The van der Waals surface area contributed by atoms with E-state index >= 15 is 0 Å². The lowest BCUT2D eigenvalue weighted by Gasteiger charge is -2.19. The number of hydrogen-bond acceptors (Lipinski definition) is 2. The van der Waals surface area contributed by atoms with E-state index < -0.39 is 6.10 Å². The molecule has 1 fully saturated rings. The van der Waals surface area contributed by atoms with Crippen molar-refractivity contribution in [3.63, 3.8) is 0 Å². The summed E-state index contributed by atoms with van der Waals surface area (Å²) in [4.78, 5) is 12.4. The number of benzene rings is 2. The van der Waals surface area contributed by atoms with Gasteiger partial charge in [0.15, 0.2) is 0 Å². The van der Waals surface area contributed by atoms with Crippen LogP contribution in [0.3, 0.4) is 0 Å². The van der Waals surface area contributed by atoms with E-state index in [4.69, 9.17) is 4.74 Å². The van der Waals surface area contributed by atoms with E-state index in [0.717, 1.165) is 22.9 Å². The SMILES string of the molecule is O=C(NC1CC1)[C@@H](Oc1cccc(Br)c1)c1ccccc1. The van der Waals surface area contributed by atoms with Crippen molar-refractivity contribution in [1.82, 2.24) is 5.32 Å². The summed E-state index contributed by atoms with van der Waals surface area (Å²) in [5.74, 6) is 0.591. The van der Waals surface area contributed by atoms with Gasteiger partial charge >= 0.3 is 0 Å². The maximum atomic E-state index is 12.4. The molecule has 1 aliphatic carbocycles. The van der Waals surface area contributed by atoms with Gasteiger partial charge in [-0.25, -0.2) is 0 Å². The highest BCUT2D eigenvalue weighted by Crippen LogP contribution is 2.26. The molecular formula is C17H16BrNO2. The molecule has 1 atom stereocenters. The minimum absolute atomic E-state index is 0.0799. The van der Waals surface area contributed by atoms with Crippen molar-refractivity contribution < 1.29 is 9.53 Å². The number of hydrogen-bond donors (Lipinski definition) is 1. The molecule has 0 spiro atoms. The van der Waals surface area contributed by atoms with E-state index in [1.165, 1.54) is 0 Å². The molecule has 3 nitrogen and oxygen atoms in total. The Hall–Kier alpha value is -1.81. The van der Waals surface area contributed by atoms with E-state index in [-0.39, 0.29) is 5.91 Å². The van der Waals surface area contributed by atoms with Gasteiger partial charge in [0, 0.05) is 16.1 Å². The van der Waals surface area contributed by atoms with E-state index in [9.17, 15) is 4.79 Å². The lowest BCUT2D eigenvalue weighted by atomic mass is 10.1. The topological polar surface area (TPSA) is 38.3 Å². The Balaban J connectivity index is 1.82. The minimum Gasteiger partial charge on any atom is -0.476 e. The van der Waals surface area contributed by atoms with Crippen molar-refractivity contribution in [3.8, 4) is 5.75 Å². The van der Waals surface area contributed by atoms with Crippen molar-refractivity contribution in [2.45, 2.75) is 25.0 Å². The van der Waals surface area contributed by atoms with Crippen molar-refractivity contribution >= 4 is 21.8 Å². The molecule has 0 radical (unpaired) electrons. The summed E-state index contributed by atoms with van der Waals surface area (Å²) in [7, 11) is 0. The van der Waals surface area contributed by atoms with Crippen molar-refractivity contribution in [2.24, 2.45) is 0 Å². The van der Waals surface area contributed by atoms with Crippen molar-refractivity contribution in [3.05, 3.63) is 64.6 Å². The molecule has 1 saturated carbocycles. The van der Waals surface area contributed by atoms with E-state index in [1.54, 1.807) is 0 Å². The van der Waals surface area contributed by atoms with E-state index in [2.05, 4.69) is 21.2 Å². The first-order valence-electron chi connectivity index (χ1n) is 7.00. The largest absolute Gasteiger partial charge is 0.476 e. The zero-order chi connectivity index (χ0) is 14.7. The van der Waals surface area contributed by atoms with Crippen LogP contribution >= 0.6 is 15.9 Å². The van der Waals surface area contributed by atoms with Gasteiger partial charge in [-0.3, -0.25) is 4.79 Å². The molecular weight excluding hydrogens is 330 g/mol. The second kappa shape index (κ2) is 6.31. The summed E-state index contributed by atoms with van der Waals surface area (Å²) in [5, 5.41) is 3.01. The van der Waals surface area contributed by atoms with Crippen LogP contribution in [-0.4, -0.2) is 11.9 Å². The zero-order valence-corrected chi connectivity index (χ0v) is 13.0. The quantitative estimate of drug-likeness (QED) is 0.893. The second-order valence-electron chi connectivity index (χ2n) is 5.15. The van der Waals surface area contributed by atoms with Gasteiger partial charge in [-0.15, -0.1) is 0 Å². The van der Waals surface area contributed by atoms with Gasteiger partial charge in [-0.05, 0) is 31.0 Å². The lowest BCUT2D eigenvalue weighted by molar-refractivity contribution is -0.128. The third-order valence-corrected chi connectivity index (χ3v) is 3.81. The van der Waals surface area contributed by atoms with Crippen LogP contribution < -0.4 is 10.1 Å². The predicted octanol–water partition coefficient (Wildman–Crippen LogP) is 3.85. The van der Waals surface area contributed by atoms with Crippen LogP contribution in [0.2, 0.25) is 0 Å². The fourth-order valence-corrected chi connectivity index (χ4v) is 2.46. The normalized spacial score (nSPS) is 15.3. The first kappa shape index (κ1) is 14.1. The molecule has 0 bridgehead atoms. The average Bonchev–Trinajstić information content (AvgIpc) is 3.29. The average molecular weight is 346 g/mol. The number of halogens is 1. The Labute approximate surface area is 132 Å². The summed E-state index contributed by atoms with van der Waals surface area (Å²) in [6.07, 6.45) is 1.50. The molecule has 0 unspecified atom stereocenters. The maximum absolute atomic E-state index is 12.4. The molecule has 1 aliphatic rings. The number of carbonyl (C=O) groups is 1. The van der Waals surface area contributed by atoms with Crippen LogP contribution in [0.5, 0.6) is 5.75 Å². The number of carbonyl (C=O) groups excluding carboxylic acids is 1. The molecule has 4 heteroatoms. The summed E-state index contributed by atoms with van der Waals surface area (Å²) < 4.78 is 6.86. The lowest BCUT2D eigenvalue weighted by Crippen LogP contribution is -2.33. The van der Waals surface area contributed by atoms with Crippen LogP contribution in [0.4, 0.5) is 0 Å².